The lowest BCUT2D eigenvalue weighted by atomic mass is 10.3. The van der Waals surface area contributed by atoms with E-state index in [0.717, 1.165) is 12.4 Å². The zero-order chi connectivity index (χ0) is 10.7. The van der Waals surface area contributed by atoms with E-state index in [9.17, 15) is 0 Å². The summed E-state index contributed by atoms with van der Waals surface area (Å²) >= 11 is 0. The Morgan fingerprint density at radius 1 is 1.47 bits per heavy atom. The van der Waals surface area contributed by atoms with Crippen LogP contribution >= 0.6 is 0 Å². The minimum Gasteiger partial charge on any atom is -0.384 e. The fraction of sp³-hybridized carbons (Fsp3) is 0.583. The molecule has 82 valence electrons. The fourth-order valence-electron chi connectivity index (χ4n) is 1.80. The van der Waals surface area contributed by atoms with E-state index in [4.69, 9.17) is 5.73 Å². The third-order valence-corrected chi connectivity index (χ3v) is 2.79. The summed E-state index contributed by atoms with van der Waals surface area (Å²) in [5.74, 6) is 1.67. The van der Waals surface area contributed by atoms with Crippen LogP contribution in [0.3, 0.4) is 0 Å². The second-order valence-corrected chi connectivity index (χ2v) is 4.20. The van der Waals surface area contributed by atoms with Crippen LogP contribution in [0.2, 0.25) is 0 Å². The Bertz CT molecular complexity index is 320. The second-order valence-electron chi connectivity index (χ2n) is 4.20. The van der Waals surface area contributed by atoms with Crippen molar-refractivity contribution in [3.63, 3.8) is 0 Å². The van der Waals surface area contributed by atoms with Gasteiger partial charge in [0, 0.05) is 12.6 Å². The molecule has 0 amide bonds. The molecule has 3 nitrogen and oxygen atoms in total. The molecule has 1 aliphatic rings. The van der Waals surface area contributed by atoms with Crippen LogP contribution in [0.25, 0.3) is 0 Å². The molecule has 0 saturated heterocycles. The third-order valence-electron chi connectivity index (χ3n) is 2.79. The van der Waals surface area contributed by atoms with Crippen LogP contribution in [0.4, 0.5) is 11.6 Å². The van der Waals surface area contributed by atoms with Crippen molar-refractivity contribution in [3.05, 3.63) is 18.2 Å². The maximum atomic E-state index is 5.71. The number of unbranched alkanes of at least 4 members (excludes halogenated alkanes) is 1. The Hall–Kier alpha value is -1.25. The monoisotopic (exact) mass is 205 g/mol. The molecule has 1 aliphatic carbocycles. The summed E-state index contributed by atoms with van der Waals surface area (Å²) in [6, 6.07) is 6.60. The molecule has 0 unspecified atom stereocenters. The van der Waals surface area contributed by atoms with E-state index in [0.29, 0.717) is 11.9 Å². The van der Waals surface area contributed by atoms with Crippen molar-refractivity contribution in [2.75, 3.05) is 17.2 Å². The summed E-state index contributed by atoms with van der Waals surface area (Å²) < 4.78 is 0. The van der Waals surface area contributed by atoms with Gasteiger partial charge in [0.15, 0.2) is 0 Å². The molecular weight excluding hydrogens is 186 g/mol. The quantitative estimate of drug-likeness (QED) is 0.802. The van der Waals surface area contributed by atoms with Crippen LogP contribution in [-0.2, 0) is 0 Å². The molecule has 0 aliphatic heterocycles. The summed E-state index contributed by atoms with van der Waals surface area (Å²) in [6.45, 7) is 3.33. The Labute approximate surface area is 91.3 Å². The number of hydrogen-bond donors (Lipinski definition) is 1. The molecule has 0 atom stereocenters. The highest BCUT2D eigenvalue weighted by molar-refractivity contribution is 5.46. The van der Waals surface area contributed by atoms with Crippen LogP contribution in [0, 0.1) is 0 Å². The smallest absolute Gasteiger partial charge is 0.131 e. The van der Waals surface area contributed by atoms with Gasteiger partial charge in [-0.05, 0) is 31.4 Å². The SMILES string of the molecule is CCCCN(c1cccc(N)n1)C1CC1. The molecule has 1 fully saturated rings. The molecular formula is C12H19N3. The Morgan fingerprint density at radius 2 is 2.27 bits per heavy atom. The maximum Gasteiger partial charge on any atom is 0.131 e. The minimum absolute atomic E-state index is 0.620. The molecule has 1 saturated carbocycles. The predicted octanol–water partition coefficient (Wildman–Crippen LogP) is 2.43. The Kier molecular flexibility index (Phi) is 3.09. The molecule has 2 N–H and O–H groups in total. The first-order valence-electron chi connectivity index (χ1n) is 5.80. The van der Waals surface area contributed by atoms with Crippen molar-refractivity contribution < 1.29 is 0 Å². The first-order chi connectivity index (χ1) is 7.31. The summed E-state index contributed by atoms with van der Waals surface area (Å²) in [4.78, 5) is 6.79. The third kappa shape index (κ3) is 2.61. The molecule has 1 aromatic heterocycles. The van der Waals surface area contributed by atoms with Gasteiger partial charge in [0.1, 0.15) is 11.6 Å². The highest BCUT2D eigenvalue weighted by Crippen LogP contribution is 2.31. The summed E-state index contributed by atoms with van der Waals surface area (Å²) in [5, 5.41) is 0. The van der Waals surface area contributed by atoms with E-state index in [2.05, 4.69) is 22.9 Å². The first-order valence-corrected chi connectivity index (χ1v) is 5.80. The molecule has 1 heterocycles. The Balaban J connectivity index is 2.09. The largest absolute Gasteiger partial charge is 0.384 e. The fourth-order valence-corrected chi connectivity index (χ4v) is 1.80. The maximum absolute atomic E-state index is 5.71. The van der Waals surface area contributed by atoms with Crippen molar-refractivity contribution >= 4 is 11.6 Å². The predicted molar refractivity (Wildman–Crippen MR) is 63.9 cm³/mol. The molecule has 3 heteroatoms. The number of nitrogens with zero attached hydrogens (tertiary/aromatic N) is 2. The van der Waals surface area contributed by atoms with Gasteiger partial charge in [-0.2, -0.15) is 0 Å². The van der Waals surface area contributed by atoms with Crippen molar-refractivity contribution in [3.8, 4) is 0 Å². The van der Waals surface area contributed by atoms with E-state index >= 15 is 0 Å². The van der Waals surface area contributed by atoms with Gasteiger partial charge in [0.25, 0.3) is 0 Å². The summed E-state index contributed by atoms with van der Waals surface area (Å²) in [5.41, 5.74) is 5.71. The van der Waals surface area contributed by atoms with Gasteiger partial charge in [0.05, 0.1) is 0 Å². The van der Waals surface area contributed by atoms with Gasteiger partial charge < -0.3 is 10.6 Å². The van der Waals surface area contributed by atoms with Crippen molar-refractivity contribution in [1.82, 2.24) is 4.98 Å². The van der Waals surface area contributed by atoms with Crippen LogP contribution in [0.15, 0.2) is 18.2 Å². The van der Waals surface area contributed by atoms with E-state index in [-0.39, 0.29) is 0 Å². The standard InChI is InChI=1S/C12H19N3/c1-2-3-9-15(10-7-8-10)12-6-4-5-11(13)14-12/h4-6,10H,2-3,7-9H2,1H3,(H2,13,14). The molecule has 1 aromatic rings. The number of rotatable bonds is 5. The van der Waals surface area contributed by atoms with Crippen molar-refractivity contribution in [2.24, 2.45) is 0 Å². The molecule has 0 bridgehead atoms. The van der Waals surface area contributed by atoms with Gasteiger partial charge in [-0.25, -0.2) is 4.98 Å². The second kappa shape index (κ2) is 4.51. The van der Waals surface area contributed by atoms with E-state index in [1.165, 1.54) is 25.7 Å². The lowest BCUT2D eigenvalue weighted by molar-refractivity contribution is 0.705. The zero-order valence-electron chi connectivity index (χ0n) is 9.32. The van der Waals surface area contributed by atoms with Crippen molar-refractivity contribution in [1.29, 1.82) is 0 Å². The van der Waals surface area contributed by atoms with Crippen LogP contribution in [-0.4, -0.2) is 17.6 Å². The van der Waals surface area contributed by atoms with Crippen LogP contribution in [0.5, 0.6) is 0 Å². The highest BCUT2D eigenvalue weighted by Gasteiger charge is 2.29. The lowest BCUT2D eigenvalue weighted by Gasteiger charge is -2.23. The normalized spacial score (nSPS) is 15.3. The summed E-state index contributed by atoms with van der Waals surface area (Å²) in [6.07, 6.45) is 5.07. The molecule has 0 spiro atoms. The lowest BCUT2D eigenvalue weighted by Crippen LogP contribution is -2.27. The van der Waals surface area contributed by atoms with Gasteiger partial charge >= 0.3 is 0 Å². The molecule has 0 aromatic carbocycles. The van der Waals surface area contributed by atoms with Gasteiger partial charge in [-0.3, -0.25) is 0 Å². The number of nitrogens with two attached hydrogens (primary N) is 1. The van der Waals surface area contributed by atoms with E-state index in [1.807, 2.05) is 12.1 Å². The number of aromatic nitrogens is 1. The number of nitrogen functional groups attached to an aromatic ring is 1. The van der Waals surface area contributed by atoms with Crippen LogP contribution in [0.1, 0.15) is 32.6 Å². The van der Waals surface area contributed by atoms with E-state index in [1.54, 1.807) is 0 Å². The molecule has 15 heavy (non-hydrogen) atoms. The molecule has 2 rings (SSSR count). The topological polar surface area (TPSA) is 42.1 Å². The number of pyridine rings is 1. The van der Waals surface area contributed by atoms with Crippen LogP contribution < -0.4 is 10.6 Å². The first kappa shape index (κ1) is 10.3. The number of hydrogen-bond acceptors (Lipinski definition) is 3. The van der Waals surface area contributed by atoms with Crippen molar-refractivity contribution in [2.45, 2.75) is 38.6 Å². The van der Waals surface area contributed by atoms with Gasteiger partial charge in [-0.15, -0.1) is 0 Å². The average molecular weight is 205 g/mol. The minimum atomic E-state index is 0.620. The van der Waals surface area contributed by atoms with E-state index < -0.39 is 0 Å². The zero-order valence-corrected chi connectivity index (χ0v) is 9.32. The Morgan fingerprint density at radius 3 is 2.87 bits per heavy atom. The molecule has 0 radical (unpaired) electrons. The average Bonchev–Trinajstić information content (AvgIpc) is 3.03. The number of anilines is 2. The van der Waals surface area contributed by atoms with Gasteiger partial charge in [-0.1, -0.05) is 19.4 Å². The summed E-state index contributed by atoms with van der Waals surface area (Å²) in [7, 11) is 0. The van der Waals surface area contributed by atoms with Gasteiger partial charge in [0.2, 0.25) is 0 Å². The highest BCUT2D eigenvalue weighted by atomic mass is 15.2.